The van der Waals surface area contributed by atoms with Gasteiger partial charge in [0.2, 0.25) is 0 Å². The molecule has 5 heteroatoms. The number of piperidine rings is 1. The number of nitrogens with one attached hydrogen (secondary N) is 1. The van der Waals surface area contributed by atoms with Gasteiger partial charge in [-0.05, 0) is 43.5 Å². The van der Waals surface area contributed by atoms with E-state index in [0.717, 1.165) is 25.9 Å². The smallest absolute Gasteiger partial charge is 0.314 e. The van der Waals surface area contributed by atoms with E-state index in [1.165, 1.54) is 16.9 Å². The summed E-state index contributed by atoms with van der Waals surface area (Å²) in [6, 6.07) is 6.53. The molecule has 2 rings (SSSR count). The number of anilines is 2. The van der Waals surface area contributed by atoms with E-state index < -0.39 is 0 Å². The van der Waals surface area contributed by atoms with Crippen LogP contribution >= 0.6 is 0 Å². The van der Waals surface area contributed by atoms with Gasteiger partial charge in [0.1, 0.15) is 0 Å². The third kappa shape index (κ3) is 3.35. The molecule has 0 spiro atoms. The highest BCUT2D eigenvalue weighted by atomic mass is 16.2. The summed E-state index contributed by atoms with van der Waals surface area (Å²) >= 11 is 0. The molecule has 1 aliphatic rings. The van der Waals surface area contributed by atoms with Crippen molar-refractivity contribution in [2.45, 2.75) is 25.8 Å². The summed E-state index contributed by atoms with van der Waals surface area (Å²) in [6.07, 6.45) is 1.88. The number of carbonyl (C=O) groups is 1. The molecule has 1 saturated heterocycles. The van der Waals surface area contributed by atoms with Gasteiger partial charge in [0.25, 0.3) is 0 Å². The van der Waals surface area contributed by atoms with E-state index in [9.17, 15) is 4.79 Å². The molecule has 110 valence electrons. The lowest BCUT2D eigenvalue weighted by molar-refractivity contribution is 0.193. The molecule has 20 heavy (non-hydrogen) atoms. The zero-order valence-corrected chi connectivity index (χ0v) is 12.5. The van der Waals surface area contributed by atoms with E-state index >= 15 is 0 Å². The number of hydrogen-bond acceptors (Lipinski definition) is 3. The van der Waals surface area contributed by atoms with Gasteiger partial charge >= 0.3 is 6.03 Å². The minimum atomic E-state index is -0.310. The van der Waals surface area contributed by atoms with Gasteiger partial charge in [-0.1, -0.05) is 0 Å². The summed E-state index contributed by atoms with van der Waals surface area (Å²) in [5, 5.41) is 3.58. The number of nitrogens with two attached hydrogens (primary N) is 1. The van der Waals surface area contributed by atoms with E-state index in [1.807, 2.05) is 14.1 Å². The van der Waals surface area contributed by atoms with Crippen LogP contribution < -0.4 is 16.0 Å². The first-order valence-corrected chi connectivity index (χ1v) is 7.06. The van der Waals surface area contributed by atoms with Gasteiger partial charge in [0.05, 0.1) is 0 Å². The predicted molar refractivity (Wildman–Crippen MR) is 83.3 cm³/mol. The molecule has 2 amide bonds. The average Bonchev–Trinajstić information content (AvgIpc) is 2.41. The lowest BCUT2D eigenvalue weighted by Gasteiger charge is -2.32. The first-order chi connectivity index (χ1) is 9.47. The van der Waals surface area contributed by atoms with Gasteiger partial charge < -0.3 is 20.9 Å². The third-order valence-corrected chi connectivity index (χ3v) is 3.89. The number of benzene rings is 1. The van der Waals surface area contributed by atoms with Crippen LogP contribution in [0.2, 0.25) is 0 Å². The molecule has 0 bridgehead atoms. The van der Waals surface area contributed by atoms with Crippen molar-refractivity contribution in [3.63, 3.8) is 0 Å². The van der Waals surface area contributed by atoms with Crippen LogP contribution in [-0.2, 0) is 0 Å². The topological polar surface area (TPSA) is 61.6 Å². The number of aryl methyl sites for hydroxylation is 1. The van der Waals surface area contributed by atoms with Crippen LogP contribution in [0.1, 0.15) is 18.4 Å². The summed E-state index contributed by atoms with van der Waals surface area (Å²) in [6.45, 7) is 3.59. The maximum absolute atomic E-state index is 11.1. The Hall–Kier alpha value is -1.91. The zero-order valence-electron chi connectivity index (χ0n) is 12.5. The Morgan fingerprint density at radius 3 is 2.50 bits per heavy atom. The Labute approximate surface area is 120 Å². The van der Waals surface area contributed by atoms with E-state index in [4.69, 9.17) is 5.73 Å². The lowest BCUT2D eigenvalue weighted by atomic mass is 10.0. The van der Waals surface area contributed by atoms with Gasteiger partial charge in [-0.15, -0.1) is 0 Å². The summed E-state index contributed by atoms with van der Waals surface area (Å²) in [4.78, 5) is 14.9. The maximum atomic E-state index is 11.1. The molecule has 1 heterocycles. The monoisotopic (exact) mass is 276 g/mol. The molecular weight excluding hydrogens is 252 g/mol. The first-order valence-electron chi connectivity index (χ1n) is 7.06. The van der Waals surface area contributed by atoms with Gasteiger partial charge in [0.15, 0.2) is 0 Å². The van der Waals surface area contributed by atoms with Crippen LogP contribution in [0.4, 0.5) is 16.2 Å². The van der Waals surface area contributed by atoms with E-state index in [2.05, 4.69) is 35.3 Å². The first kappa shape index (κ1) is 14.5. The quantitative estimate of drug-likeness (QED) is 0.888. The van der Waals surface area contributed by atoms with Crippen molar-refractivity contribution >= 4 is 17.4 Å². The molecule has 0 atom stereocenters. The fraction of sp³-hybridized carbons (Fsp3) is 0.533. The van der Waals surface area contributed by atoms with Crippen molar-refractivity contribution < 1.29 is 4.79 Å². The highest BCUT2D eigenvalue weighted by molar-refractivity contribution is 5.72. The Morgan fingerprint density at radius 1 is 1.35 bits per heavy atom. The lowest BCUT2D eigenvalue weighted by Crippen LogP contribution is -2.44. The van der Waals surface area contributed by atoms with E-state index in [-0.39, 0.29) is 6.03 Å². The molecule has 0 saturated carbocycles. The van der Waals surface area contributed by atoms with Crippen LogP contribution in [-0.4, -0.2) is 44.2 Å². The number of likely N-dealkylation sites (tertiary alicyclic amines) is 1. The minimum Gasteiger partial charge on any atom is -0.382 e. The summed E-state index contributed by atoms with van der Waals surface area (Å²) in [5.74, 6) is 0. The fourth-order valence-electron chi connectivity index (χ4n) is 2.55. The van der Waals surface area contributed by atoms with Gasteiger partial charge in [-0.2, -0.15) is 0 Å². The summed E-state index contributed by atoms with van der Waals surface area (Å²) < 4.78 is 0. The van der Waals surface area contributed by atoms with Crippen molar-refractivity contribution in [2.75, 3.05) is 37.4 Å². The molecule has 1 aromatic rings. The van der Waals surface area contributed by atoms with Crippen molar-refractivity contribution in [2.24, 2.45) is 5.73 Å². The Kier molecular flexibility index (Phi) is 4.37. The van der Waals surface area contributed by atoms with Crippen LogP contribution in [0.5, 0.6) is 0 Å². The minimum absolute atomic E-state index is 0.310. The molecule has 0 aromatic heterocycles. The number of nitrogens with zero attached hydrogens (tertiary/aromatic N) is 2. The van der Waals surface area contributed by atoms with Gasteiger partial charge in [-0.3, -0.25) is 0 Å². The van der Waals surface area contributed by atoms with E-state index in [0.29, 0.717) is 6.04 Å². The van der Waals surface area contributed by atoms with Crippen LogP contribution in [0, 0.1) is 6.92 Å². The fourth-order valence-corrected chi connectivity index (χ4v) is 2.55. The number of primary amides is 1. The van der Waals surface area contributed by atoms with E-state index in [1.54, 1.807) is 4.90 Å². The zero-order chi connectivity index (χ0) is 14.7. The maximum Gasteiger partial charge on any atom is 0.314 e. The van der Waals surface area contributed by atoms with Crippen molar-refractivity contribution in [1.29, 1.82) is 0 Å². The number of hydrogen-bond donors (Lipinski definition) is 2. The molecule has 1 fully saturated rings. The van der Waals surface area contributed by atoms with Crippen molar-refractivity contribution in [3.8, 4) is 0 Å². The summed E-state index contributed by atoms with van der Waals surface area (Å²) in [7, 11) is 4.09. The number of rotatable bonds is 3. The third-order valence-electron chi connectivity index (χ3n) is 3.89. The molecule has 1 aliphatic heterocycles. The molecule has 3 N–H and O–H groups in total. The SMILES string of the molecule is Cc1cc(N(C)C)ccc1NC1CCN(C(N)=O)CC1. The molecule has 0 aliphatic carbocycles. The number of carbonyl (C=O) groups excluding carboxylic acids is 1. The largest absolute Gasteiger partial charge is 0.382 e. The van der Waals surface area contributed by atoms with Crippen molar-refractivity contribution in [3.05, 3.63) is 23.8 Å². The summed E-state index contributed by atoms with van der Waals surface area (Å²) in [5.41, 5.74) is 8.92. The highest BCUT2D eigenvalue weighted by Crippen LogP contribution is 2.24. The molecule has 0 unspecified atom stereocenters. The Morgan fingerprint density at radius 2 is 2.00 bits per heavy atom. The predicted octanol–water partition coefficient (Wildman–Crippen LogP) is 2.02. The second-order valence-electron chi connectivity index (χ2n) is 5.64. The second-order valence-corrected chi connectivity index (χ2v) is 5.64. The molecule has 5 nitrogen and oxygen atoms in total. The van der Waals surface area contributed by atoms with Crippen LogP contribution in [0.3, 0.4) is 0 Å². The van der Waals surface area contributed by atoms with Crippen molar-refractivity contribution in [1.82, 2.24) is 4.90 Å². The second kappa shape index (κ2) is 6.03. The molecule has 0 radical (unpaired) electrons. The molecule has 1 aromatic carbocycles. The highest BCUT2D eigenvalue weighted by Gasteiger charge is 2.21. The Bertz CT molecular complexity index is 479. The average molecular weight is 276 g/mol. The Balaban J connectivity index is 1.96. The van der Waals surface area contributed by atoms with Gasteiger partial charge in [-0.25, -0.2) is 4.79 Å². The number of amides is 2. The van der Waals surface area contributed by atoms with Crippen LogP contribution in [0.25, 0.3) is 0 Å². The molecular formula is C15H24N4O. The number of urea groups is 1. The van der Waals surface area contributed by atoms with Gasteiger partial charge in [0, 0.05) is 44.6 Å². The standard InChI is InChI=1S/C15H24N4O/c1-11-10-13(18(2)3)4-5-14(11)17-12-6-8-19(9-7-12)15(16)20/h4-5,10,12,17H,6-9H2,1-3H3,(H2,16,20). The van der Waals surface area contributed by atoms with Crippen LogP contribution in [0.15, 0.2) is 18.2 Å². The normalized spacial score (nSPS) is 16.1.